The largest absolute Gasteiger partial charge is 0.329 e. The van der Waals surface area contributed by atoms with E-state index in [4.69, 9.17) is 0 Å². The van der Waals surface area contributed by atoms with E-state index in [1.165, 1.54) is 9.71 Å². The fraction of sp³-hybridized carbons (Fsp3) is 0.231. The average molecular weight is 262 g/mol. The molecule has 0 aliphatic carbocycles. The fourth-order valence-electron chi connectivity index (χ4n) is 2.62. The highest BCUT2D eigenvalue weighted by Gasteiger charge is 2.30. The molecular formula is C13H14N2O2S. The Morgan fingerprint density at radius 3 is 2.50 bits per heavy atom. The molecule has 4 nitrogen and oxygen atoms in total. The van der Waals surface area contributed by atoms with E-state index in [-0.39, 0.29) is 0 Å². The van der Waals surface area contributed by atoms with Crippen LogP contribution >= 0.6 is 0 Å². The molecule has 0 bridgehead atoms. The summed E-state index contributed by atoms with van der Waals surface area (Å²) in [6.07, 6.45) is 0. The van der Waals surface area contributed by atoms with Crippen LogP contribution in [-0.4, -0.2) is 20.0 Å². The zero-order valence-corrected chi connectivity index (χ0v) is 11.3. The molecule has 2 heterocycles. The van der Waals surface area contributed by atoms with Gasteiger partial charge in [0, 0.05) is 25.0 Å². The van der Waals surface area contributed by atoms with Gasteiger partial charge in [-0.1, -0.05) is 18.2 Å². The molecule has 0 fully saturated rings. The smallest absolute Gasteiger partial charge is 0.258 e. The molecule has 2 aromatic rings. The van der Waals surface area contributed by atoms with E-state index in [0.29, 0.717) is 0 Å². The van der Waals surface area contributed by atoms with Crippen molar-refractivity contribution in [1.29, 1.82) is 0 Å². The topological polar surface area (TPSA) is 42.3 Å². The molecule has 0 radical (unpaired) electrons. The maximum absolute atomic E-state index is 12.0. The number of sulfonamides is 1. The van der Waals surface area contributed by atoms with Gasteiger partial charge < -0.3 is 4.57 Å². The van der Waals surface area contributed by atoms with Crippen molar-refractivity contribution in [2.24, 2.45) is 7.05 Å². The fourth-order valence-corrected chi connectivity index (χ4v) is 3.80. The Hall–Kier alpha value is -1.75. The highest BCUT2D eigenvalue weighted by molar-refractivity contribution is 7.95. The van der Waals surface area contributed by atoms with Crippen LogP contribution in [0.15, 0.2) is 29.7 Å². The highest BCUT2D eigenvalue weighted by Crippen LogP contribution is 2.40. The Balaban J connectivity index is 2.52. The van der Waals surface area contributed by atoms with Crippen LogP contribution in [0.4, 0.5) is 5.82 Å². The predicted octanol–water partition coefficient (Wildman–Crippen LogP) is 2.32. The second-order valence-electron chi connectivity index (χ2n) is 4.59. The number of allylic oxidation sites excluding steroid dienone is 1. The van der Waals surface area contributed by atoms with Crippen LogP contribution < -0.4 is 4.31 Å². The van der Waals surface area contributed by atoms with E-state index >= 15 is 0 Å². The molecule has 0 amide bonds. The maximum Gasteiger partial charge on any atom is 0.258 e. The Labute approximate surface area is 106 Å². The first-order valence-electron chi connectivity index (χ1n) is 5.68. The summed E-state index contributed by atoms with van der Waals surface area (Å²) in [5, 5.41) is 2.42. The second-order valence-corrected chi connectivity index (χ2v) is 6.40. The number of anilines is 1. The van der Waals surface area contributed by atoms with Crippen LogP contribution in [0.5, 0.6) is 0 Å². The zero-order chi connectivity index (χ0) is 13.1. The highest BCUT2D eigenvalue weighted by atomic mass is 32.2. The SMILES string of the molecule is CC1=CS(=O)(=O)N(C)c2c1c1ccccc1n2C. The van der Waals surface area contributed by atoms with E-state index in [1.807, 2.05) is 42.8 Å². The minimum Gasteiger partial charge on any atom is -0.329 e. The standard InChI is InChI=1S/C13H14N2O2S/c1-9-8-18(16,17)15(3)13-12(9)10-6-4-5-7-11(10)14(13)2/h4-8H,1-3H3. The van der Waals surface area contributed by atoms with Crippen LogP contribution in [0.1, 0.15) is 12.5 Å². The second kappa shape index (κ2) is 3.38. The van der Waals surface area contributed by atoms with Crippen LogP contribution in [0.3, 0.4) is 0 Å². The molecule has 1 aliphatic heterocycles. The van der Waals surface area contributed by atoms with E-state index in [1.54, 1.807) is 7.05 Å². The molecule has 0 N–H and O–H groups in total. The first-order valence-corrected chi connectivity index (χ1v) is 7.19. The predicted molar refractivity (Wildman–Crippen MR) is 73.9 cm³/mol. The minimum atomic E-state index is -3.34. The Kier molecular flexibility index (Phi) is 2.13. The van der Waals surface area contributed by atoms with Crippen molar-refractivity contribution in [3.05, 3.63) is 35.2 Å². The number of fused-ring (bicyclic) bond motifs is 3. The van der Waals surface area contributed by atoms with Crippen LogP contribution in [0.25, 0.3) is 16.5 Å². The van der Waals surface area contributed by atoms with Gasteiger partial charge in [0.15, 0.2) is 0 Å². The summed E-state index contributed by atoms with van der Waals surface area (Å²) in [6.45, 7) is 1.84. The molecule has 0 saturated heterocycles. The van der Waals surface area contributed by atoms with Gasteiger partial charge in [-0.2, -0.15) is 0 Å². The number of benzene rings is 1. The maximum atomic E-state index is 12.0. The van der Waals surface area contributed by atoms with Crippen molar-refractivity contribution in [2.75, 3.05) is 11.4 Å². The van der Waals surface area contributed by atoms with Crippen molar-refractivity contribution >= 4 is 32.3 Å². The monoisotopic (exact) mass is 262 g/mol. The van der Waals surface area contributed by atoms with Gasteiger partial charge in [-0.05, 0) is 18.6 Å². The first-order chi connectivity index (χ1) is 8.43. The average Bonchev–Trinajstić information content (AvgIpc) is 2.61. The summed E-state index contributed by atoms with van der Waals surface area (Å²) in [5.74, 6) is 0.733. The van der Waals surface area contributed by atoms with Crippen LogP contribution in [-0.2, 0) is 17.1 Å². The van der Waals surface area contributed by atoms with Crippen molar-refractivity contribution in [2.45, 2.75) is 6.92 Å². The number of para-hydroxylation sites is 1. The van der Waals surface area contributed by atoms with Gasteiger partial charge in [0.25, 0.3) is 10.0 Å². The molecule has 3 rings (SSSR count). The number of hydrogen-bond acceptors (Lipinski definition) is 2. The Morgan fingerprint density at radius 1 is 1.11 bits per heavy atom. The summed E-state index contributed by atoms with van der Waals surface area (Å²) < 4.78 is 27.3. The third-order valence-electron chi connectivity index (χ3n) is 3.48. The lowest BCUT2D eigenvalue weighted by Crippen LogP contribution is -2.29. The Bertz CT molecular complexity index is 785. The Morgan fingerprint density at radius 2 is 1.78 bits per heavy atom. The minimum absolute atomic E-state index is 0.733. The van der Waals surface area contributed by atoms with Gasteiger partial charge in [-0.15, -0.1) is 0 Å². The third kappa shape index (κ3) is 1.28. The number of aryl methyl sites for hydroxylation is 1. The molecule has 18 heavy (non-hydrogen) atoms. The van der Waals surface area contributed by atoms with Crippen LogP contribution in [0, 0.1) is 0 Å². The van der Waals surface area contributed by atoms with Gasteiger partial charge in [0.05, 0.1) is 10.9 Å². The number of rotatable bonds is 0. The lowest BCUT2D eigenvalue weighted by molar-refractivity contribution is 0.601. The summed E-state index contributed by atoms with van der Waals surface area (Å²) in [4.78, 5) is 0. The molecule has 0 saturated carbocycles. The molecular weight excluding hydrogens is 248 g/mol. The number of aromatic nitrogens is 1. The number of nitrogens with zero attached hydrogens (tertiary/aromatic N) is 2. The zero-order valence-electron chi connectivity index (χ0n) is 10.5. The summed E-state index contributed by atoms with van der Waals surface area (Å²) in [7, 11) is 0.144. The van der Waals surface area contributed by atoms with Crippen molar-refractivity contribution in [3.63, 3.8) is 0 Å². The van der Waals surface area contributed by atoms with E-state index in [0.717, 1.165) is 27.9 Å². The lowest BCUT2D eigenvalue weighted by atomic mass is 10.1. The first kappa shape index (κ1) is 11.3. The van der Waals surface area contributed by atoms with E-state index in [2.05, 4.69) is 0 Å². The molecule has 1 aromatic heterocycles. The van der Waals surface area contributed by atoms with Crippen molar-refractivity contribution in [1.82, 2.24) is 4.57 Å². The number of hydrogen-bond donors (Lipinski definition) is 0. The molecule has 0 unspecified atom stereocenters. The van der Waals surface area contributed by atoms with Gasteiger partial charge in [0.2, 0.25) is 0 Å². The molecule has 5 heteroatoms. The quantitative estimate of drug-likeness (QED) is 0.731. The van der Waals surface area contributed by atoms with Gasteiger partial charge >= 0.3 is 0 Å². The van der Waals surface area contributed by atoms with Gasteiger partial charge in [-0.25, -0.2) is 8.42 Å². The molecule has 94 valence electrons. The van der Waals surface area contributed by atoms with E-state index in [9.17, 15) is 8.42 Å². The summed E-state index contributed by atoms with van der Waals surface area (Å²) in [6, 6.07) is 7.96. The molecule has 0 spiro atoms. The van der Waals surface area contributed by atoms with Crippen molar-refractivity contribution in [3.8, 4) is 0 Å². The third-order valence-corrected chi connectivity index (χ3v) is 5.06. The van der Waals surface area contributed by atoms with Crippen molar-refractivity contribution < 1.29 is 8.42 Å². The molecule has 1 aromatic carbocycles. The van der Waals surface area contributed by atoms with Gasteiger partial charge in [-0.3, -0.25) is 4.31 Å². The molecule has 0 atom stereocenters. The summed E-state index contributed by atoms with van der Waals surface area (Å²) >= 11 is 0. The van der Waals surface area contributed by atoms with Gasteiger partial charge in [0.1, 0.15) is 5.82 Å². The summed E-state index contributed by atoms with van der Waals surface area (Å²) in [5.41, 5.74) is 2.84. The lowest BCUT2D eigenvalue weighted by Gasteiger charge is -2.24. The molecule has 1 aliphatic rings. The van der Waals surface area contributed by atoms with Crippen LogP contribution in [0.2, 0.25) is 0 Å². The normalized spacial score (nSPS) is 17.7. The van der Waals surface area contributed by atoms with E-state index < -0.39 is 10.0 Å².